The molecule has 0 aliphatic rings. The minimum absolute atomic E-state index is 0.625. The Morgan fingerprint density at radius 3 is 2.20 bits per heavy atom. The predicted molar refractivity (Wildman–Crippen MR) is 58.9 cm³/mol. The molecule has 0 rings (SSSR count). The van der Waals surface area contributed by atoms with Crippen molar-refractivity contribution < 1.29 is 13.2 Å². The fourth-order valence-electron chi connectivity index (χ4n) is 1.16. The summed E-state index contributed by atoms with van der Waals surface area (Å²) in [6, 6.07) is 0. The molecule has 90 valence electrons. The van der Waals surface area contributed by atoms with Crippen molar-refractivity contribution in [1.29, 1.82) is 0 Å². The average Bonchev–Trinajstić information content (AvgIpc) is 2.12. The van der Waals surface area contributed by atoms with Crippen LogP contribution in [0.2, 0.25) is 0 Å². The van der Waals surface area contributed by atoms with Crippen molar-refractivity contribution in [3.05, 3.63) is 10.5 Å². The molecule has 0 aromatic heterocycles. The molecule has 0 saturated carbocycles. The van der Waals surface area contributed by atoms with Gasteiger partial charge < -0.3 is 0 Å². The van der Waals surface area contributed by atoms with Crippen LogP contribution >= 0.6 is 0 Å². The zero-order chi connectivity index (χ0) is 11.7. The summed E-state index contributed by atoms with van der Waals surface area (Å²) in [5.41, 5.74) is 0. The molecule has 0 fully saturated rings. The molecule has 0 atom stereocenters. The molecule has 0 spiro atoms. The van der Waals surface area contributed by atoms with Crippen LogP contribution in [0.15, 0.2) is 10.5 Å². The molecule has 0 nitrogen and oxygen atoms in total. The quantitative estimate of drug-likeness (QED) is 0.478. The van der Waals surface area contributed by atoms with E-state index >= 15 is 0 Å². The van der Waals surface area contributed by atoms with Crippen molar-refractivity contribution in [3.63, 3.8) is 0 Å². The summed E-state index contributed by atoms with van der Waals surface area (Å²) in [7, 11) is 0. The molecular formula is C11H19F3Se. The van der Waals surface area contributed by atoms with E-state index in [1.807, 2.05) is 13.0 Å². The van der Waals surface area contributed by atoms with E-state index in [9.17, 15) is 13.2 Å². The van der Waals surface area contributed by atoms with Gasteiger partial charge in [0.25, 0.3) is 0 Å². The molecule has 0 aliphatic carbocycles. The second kappa shape index (κ2) is 8.23. The third kappa shape index (κ3) is 10.3. The molecule has 0 aromatic rings. The molecule has 0 amide bonds. The molecule has 0 radical (unpaired) electrons. The van der Waals surface area contributed by atoms with E-state index in [2.05, 4.69) is 6.92 Å². The normalized spacial score (nSPS) is 13.3. The van der Waals surface area contributed by atoms with Gasteiger partial charge in [-0.2, -0.15) is 0 Å². The summed E-state index contributed by atoms with van der Waals surface area (Å²) in [5, 5.41) is -3.99. The van der Waals surface area contributed by atoms with Gasteiger partial charge in [-0.05, 0) is 0 Å². The van der Waals surface area contributed by atoms with Gasteiger partial charge in [0.2, 0.25) is 0 Å². The van der Waals surface area contributed by atoms with Crippen LogP contribution in [0.1, 0.15) is 52.4 Å². The molecule has 0 aliphatic heterocycles. The number of hydrogen-bond donors (Lipinski definition) is 0. The molecule has 0 bridgehead atoms. The molecule has 0 saturated heterocycles. The molecule has 0 unspecified atom stereocenters. The summed E-state index contributed by atoms with van der Waals surface area (Å²) in [4.78, 5) is 0. The first kappa shape index (κ1) is 15.0. The molecule has 0 aromatic carbocycles. The Labute approximate surface area is 96.5 Å². The van der Waals surface area contributed by atoms with E-state index in [1.54, 1.807) is 0 Å². The van der Waals surface area contributed by atoms with Crippen LogP contribution in [0.5, 0.6) is 0 Å². The van der Waals surface area contributed by atoms with Gasteiger partial charge >= 0.3 is 96.1 Å². The van der Waals surface area contributed by atoms with Gasteiger partial charge in [0, 0.05) is 0 Å². The Hall–Kier alpha value is 0.0495. The van der Waals surface area contributed by atoms with Gasteiger partial charge in [0.15, 0.2) is 0 Å². The van der Waals surface area contributed by atoms with Gasteiger partial charge in [-0.1, -0.05) is 0 Å². The molecule has 4 heteroatoms. The maximum atomic E-state index is 12.2. The second-order valence-electron chi connectivity index (χ2n) is 3.46. The summed E-state index contributed by atoms with van der Waals surface area (Å²) in [5.74, 6) is 0. The summed E-state index contributed by atoms with van der Waals surface area (Å²) in [6.45, 7) is 4.05. The minimum atomic E-state index is -3.99. The Morgan fingerprint density at radius 2 is 1.73 bits per heavy atom. The van der Waals surface area contributed by atoms with Crippen molar-refractivity contribution in [2.45, 2.75) is 57.4 Å². The summed E-state index contributed by atoms with van der Waals surface area (Å²) >= 11 is -1.31. The van der Waals surface area contributed by atoms with Crippen molar-refractivity contribution in [3.8, 4) is 0 Å². The summed E-state index contributed by atoms with van der Waals surface area (Å²) < 4.78 is 37.3. The Bertz CT molecular complexity index is 185. The van der Waals surface area contributed by atoms with Crippen molar-refractivity contribution >= 4 is 15.0 Å². The van der Waals surface area contributed by atoms with Crippen LogP contribution in [0.3, 0.4) is 0 Å². The average molecular weight is 287 g/mol. The van der Waals surface area contributed by atoms with Gasteiger partial charge in [-0.15, -0.1) is 0 Å². The zero-order valence-electron chi connectivity index (χ0n) is 9.36. The molecule has 15 heavy (non-hydrogen) atoms. The Morgan fingerprint density at radius 1 is 1.13 bits per heavy atom. The van der Waals surface area contributed by atoms with E-state index in [4.69, 9.17) is 0 Å². The first-order chi connectivity index (χ1) is 6.99. The van der Waals surface area contributed by atoms with E-state index in [1.165, 1.54) is 0 Å². The third-order valence-corrected chi connectivity index (χ3v) is 3.77. The summed E-state index contributed by atoms with van der Waals surface area (Å²) in [6.07, 6.45) is 7.09. The Balaban J connectivity index is 4.11. The number of allylic oxidation sites excluding steroid dienone is 2. The molecule has 0 N–H and O–H groups in total. The van der Waals surface area contributed by atoms with Crippen LogP contribution in [-0.2, 0) is 0 Å². The van der Waals surface area contributed by atoms with Crippen LogP contribution < -0.4 is 0 Å². The fourth-order valence-corrected chi connectivity index (χ4v) is 2.72. The van der Waals surface area contributed by atoms with E-state index in [0.29, 0.717) is 10.9 Å². The fraction of sp³-hybridized carbons (Fsp3) is 0.818. The van der Waals surface area contributed by atoms with Crippen molar-refractivity contribution in [2.75, 3.05) is 0 Å². The maximum absolute atomic E-state index is 12.2. The van der Waals surface area contributed by atoms with Crippen molar-refractivity contribution in [2.24, 2.45) is 0 Å². The number of halogens is 3. The number of unbranched alkanes of at least 4 members (excludes halogenated alkanes) is 3. The first-order valence-electron chi connectivity index (χ1n) is 5.44. The van der Waals surface area contributed by atoms with Gasteiger partial charge in [0.05, 0.1) is 0 Å². The molecule has 0 heterocycles. The van der Waals surface area contributed by atoms with E-state index in [0.717, 1.165) is 32.1 Å². The van der Waals surface area contributed by atoms with E-state index < -0.39 is 20.0 Å². The third-order valence-electron chi connectivity index (χ3n) is 1.95. The standard InChI is InChI=1S/C11H19F3Se/c1-3-5-7-9-10(8-6-4-2)15-11(12,13)14/h9H,3-8H2,1-2H3/b10-9-. The zero-order valence-corrected chi connectivity index (χ0v) is 11.1. The van der Waals surface area contributed by atoms with Crippen LogP contribution in [0.4, 0.5) is 13.2 Å². The second-order valence-corrected chi connectivity index (χ2v) is 5.96. The monoisotopic (exact) mass is 288 g/mol. The predicted octanol–water partition coefficient (Wildman–Crippen LogP) is 4.47. The van der Waals surface area contributed by atoms with Gasteiger partial charge in [-0.25, -0.2) is 0 Å². The van der Waals surface area contributed by atoms with Crippen LogP contribution in [-0.4, -0.2) is 20.0 Å². The molecular weight excluding hydrogens is 268 g/mol. The number of hydrogen-bond acceptors (Lipinski definition) is 0. The van der Waals surface area contributed by atoms with Gasteiger partial charge in [-0.3, -0.25) is 0 Å². The van der Waals surface area contributed by atoms with Crippen LogP contribution in [0.25, 0.3) is 0 Å². The SMILES string of the molecule is CCCC/C=C(/CCCC)[Se]C(F)(F)F. The number of alkyl halides is 3. The van der Waals surface area contributed by atoms with Gasteiger partial charge in [0.1, 0.15) is 0 Å². The number of rotatable bonds is 7. The first-order valence-corrected chi connectivity index (χ1v) is 7.15. The Kier molecular flexibility index (Phi) is 8.26. The van der Waals surface area contributed by atoms with E-state index in [-0.39, 0.29) is 0 Å². The van der Waals surface area contributed by atoms with Crippen molar-refractivity contribution in [1.82, 2.24) is 0 Å². The van der Waals surface area contributed by atoms with Crippen LogP contribution in [0, 0.1) is 0 Å². The topological polar surface area (TPSA) is 0 Å².